The normalized spacial score (nSPS) is 14.8. The Kier molecular flexibility index (Phi) is 17.4. The van der Waals surface area contributed by atoms with Crippen LogP contribution in [-0.2, 0) is 28.5 Å². The molecule has 2 aromatic carbocycles. The van der Waals surface area contributed by atoms with Gasteiger partial charge in [0.2, 0.25) is 0 Å². The molecule has 2 aromatic heterocycles. The Hall–Kier alpha value is -5.84. The molecule has 2 aliphatic rings. The molecule has 65 heavy (non-hydrogen) atoms. The van der Waals surface area contributed by atoms with E-state index in [1.54, 1.807) is 22.2 Å². The van der Waals surface area contributed by atoms with Crippen LogP contribution in [0, 0.1) is 0 Å². The van der Waals surface area contributed by atoms with Crippen LogP contribution < -0.4 is 9.80 Å². The van der Waals surface area contributed by atoms with Crippen molar-refractivity contribution in [2.24, 2.45) is 0 Å². The van der Waals surface area contributed by atoms with Crippen LogP contribution in [0.15, 0.2) is 72.3 Å². The Balaban J connectivity index is 0.000000246. The number of nitrogens with zero attached hydrogens (tertiary/aromatic N) is 8. The lowest BCUT2D eigenvalue weighted by Gasteiger charge is -2.36. The van der Waals surface area contributed by atoms with E-state index in [2.05, 4.69) is 52.2 Å². The van der Waals surface area contributed by atoms with E-state index in [0.717, 1.165) is 62.6 Å². The van der Waals surface area contributed by atoms with Crippen molar-refractivity contribution in [3.63, 3.8) is 0 Å². The van der Waals surface area contributed by atoms with Crippen molar-refractivity contribution >= 4 is 79.6 Å². The molecule has 0 bridgehead atoms. The third-order valence-corrected chi connectivity index (χ3v) is 9.75. The van der Waals surface area contributed by atoms with Crippen LogP contribution in [0.4, 0.5) is 21.2 Å². The summed E-state index contributed by atoms with van der Waals surface area (Å²) < 4.78 is 22.0. The number of aromatic nitrogens is 4. The summed E-state index contributed by atoms with van der Waals surface area (Å²) in [7, 11) is 0. The van der Waals surface area contributed by atoms with Gasteiger partial charge in [-0.05, 0) is 123 Å². The van der Waals surface area contributed by atoms with Gasteiger partial charge in [-0.3, -0.25) is 0 Å². The minimum atomic E-state index is -0.545. The number of carbonyl (C=O) groups excluding carboxylic acids is 4. The van der Waals surface area contributed by atoms with Gasteiger partial charge in [-0.25, -0.2) is 39.1 Å². The number of hydrogen-bond acceptors (Lipinski definition) is 14. The Bertz CT molecular complexity index is 2330. The number of amides is 2. The van der Waals surface area contributed by atoms with Crippen LogP contribution in [0.25, 0.3) is 27.9 Å². The predicted molar refractivity (Wildman–Crippen MR) is 258 cm³/mol. The fraction of sp³-hybridized carbons (Fsp3) is 0.500. The summed E-state index contributed by atoms with van der Waals surface area (Å²) in [4.78, 5) is 72.6. The third-order valence-electron chi connectivity index (χ3n) is 9.11. The monoisotopic (exact) mass is 960 g/mol. The van der Waals surface area contributed by atoms with Gasteiger partial charge in [-0.15, -0.1) is 0 Å². The summed E-state index contributed by atoms with van der Waals surface area (Å²) in [5.41, 5.74) is 0.541. The molecule has 0 unspecified atom stereocenters. The van der Waals surface area contributed by atoms with E-state index in [9.17, 15) is 19.2 Å². The molecule has 0 N–H and O–H groups in total. The maximum absolute atomic E-state index is 12.3. The van der Waals surface area contributed by atoms with Gasteiger partial charge in [0.15, 0.2) is 0 Å². The van der Waals surface area contributed by atoms with Gasteiger partial charge in [0.05, 0.1) is 11.0 Å². The molecule has 2 aliphatic heterocycles. The number of halogens is 1. The molecule has 16 nitrogen and oxygen atoms in total. The average Bonchev–Trinajstić information content (AvgIpc) is 3.21. The fourth-order valence-electron chi connectivity index (χ4n) is 6.46. The van der Waals surface area contributed by atoms with Crippen LogP contribution >= 0.6 is 15.9 Å². The molecular formula is C48H65BrN8O8. The first-order valence-corrected chi connectivity index (χ1v) is 22.4. The van der Waals surface area contributed by atoms with Crippen molar-refractivity contribution in [3.8, 4) is 0 Å². The Morgan fingerprint density at radius 1 is 0.554 bits per heavy atom. The van der Waals surface area contributed by atoms with Crippen molar-refractivity contribution in [2.75, 3.05) is 62.2 Å². The lowest BCUT2D eigenvalue weighted by atomic mass is 10.1. The minimum Gasteiger partial charge on any atom is -0.457 e. The quantitative estimate of drug-likeness (QED) is 0.105. The number of fused-ring (bicyclic) bond motifs is 2. The van der Waals surface area contributed by atoms with Gasteiger partial charge < -0.3 is 38.5 Å². The van der Waals surface area contributed by atoms with E-state index in [0.29, 0.717) is 39.3 Å². The average molecular weight is 962 g/mol. The first-order chi connectivity index (χ1) is 30.2. The summed E-state index contributed by atoms with van der Waals surface area (Å²) in [5, 5.41) is 1.90. The number of benzene rings is 2. The molecular weight excluding hydrogens is 896 g/mol. The zero-order valence-corrected chi connectivity index (χ0v) is 41.5. The number of anilines is 2. The van der Waals surface area contributed by atoms with Crippen molar-refractivity contribution in [3.05, 3.63) is 77.8 Å². The highest BCUT2D eigenvalue weighted by molar-refractivity contribution is 9.10. The molecule has 4 aromatic rings. The molecule has 6 rings (SSSR count). The molecule has 17 heteroatoms. The van der Waals surface area contributed by atoms with Crippen LogP contribution in [-0.4, -0.2) is 129 Å². The van der Waals surface area contributed by atoms with Gasteiger partial charge in [-0.1, -0.05) is 24.8 Å². The molecule has 0 saturated carbocycles. The molecule has 0 radical (unpaired) electrons. The van der Waals surface area contributed by atoms with Gasteiger partial charge in [0.25, 0.3) is 0 Å². The number of esters is 2. The highest BCUT2D eigenvalue weighted by Gasteiger charge is 2.29. The molecule has 2 fully saturated rings. The molecule has 4 heterocycles. The number of para-hydroxylation sites is 2. The second-order valence-corrected chi connectivity index (χ2v) is 20.1. The van der Waals surface area contributed by atoms with Crippen molar-refractivity contribution < 1.29 is 38.1 Å². The smallest absolute Gasteiger partial charge is 0.410 e. The Labute approximate surface area is 391 Å². The zero-order chi connectivity index (χ0) is 48.3. The lowest BCUT2D eigenvalue weighted by Crippen LogP contribution is -2.50. The molecule has 0 aliphatic carbocycles. The first kappa shape index (κ1) is 51.8. The fourth-order valence-corrected chi connectivity index (χ4v) is 6.93. The van der Waals surface area contributed by atoms with Crippen LogP contribution in [0.5, 0.6) is 0 Å². The van der Waals surface area contributed by atoms with Crippen molar-refractivity contribution in [2.45, 2.75) is 105 Å². The number of hydrogen-bond donors (Lipinski definition) is 0. The second-order valence-electron chi connectivity index (χ2n) is 19.3. The summed E-state index contributed by atoms with van der Waals surface area (Å²) in [6.45, 7) is 30.5. The zero-order valence-electron chi connectivity index (χ0n) is 39.9. The second kappa shape index (κ2) is 21.9. The maximum atomic E-state index is 12.3. The lowest BCUT2D eigenvalue weighted by molar-refractivity contribution is -0.149. The van der Waals surface area contributed by atoms with Crippen molar-refractivity contribution in [1.82, 2.24) is 29.7 Å². The van der Waals surface area contributed by atoms with E-state index in [-0.39, 0.29) is 18.2 Å². The maximum Gasteiger partial charge on any atom is 0.410 e. The van der Waals surface area contributed by atoms with Gasteiger partial charge in [0.1, 0.15) is 46.7 Å². The Morgan fingerprint density at radius 3 is 1.37 bits per heavy atom. The van der Waals surface area contributed by atoms with Crippen LogP contribution in [0.1, 0.15) is 88.6 Å². The number of carbonyl (C=O) groups is 4. The van der Waals surface area contributed by atoms with E-state index >= 15 is 0 Å². The van der Waals surface area contributed by atoms with E-state index in [4.69, 9.17) is 18.9 Å². The third kappa shape index (κ3) is 16.6. The summed E-state index contributed by atoms with van der Waals surface area (Å²) >= 11 is 3.53. The van der Waals surface area contributed by atoms with Crippen LogP contribution in [0.3, 0.4) is 0 Å². The van der Waals surface area contributed by atoms with Gasteiger partial charge in [0, 0.05) is 85.3 Å². The molecule has 2 saturated heterocycles. The van der Waals surface area contributed by atoms with Gasteiger partial charge >= 0.3 is 24.1 Å². The van der Waals surface area contributed by atoms with Crippen molar-refractivity contribution in [1.29, 1.82) is 0 Å². The number of piperazine rings is 2. The Morgan fingerprint density at radius 2 is 0.954 bits per heavy atom. The van der Waals surface area contributed by atoms with Gasteiger partial charge in [-0.2, -0.15) is 0 Å². The van der Waals surface area contributed by atoms with E-state index in [1.165, 1.54) is 12.4 Å². The first-order valence-electron chi connectivity index (χ1n) is 21.6. The highest BCUT2D eigenvalue weighted by atomic mass is 79.9. The number of rotatable bonds is 5. The molecule has 352 valence electrons. The molecule has 0 atom stereocenters. The summed E-state index contributed by atoms with van der Waals surface area (Å²) in [6.07, 6.45) is 6.86. The summed E-state index contributed by atoms with van der Waals surface area (Å²) in [5.74, 6) is 0.945. The molecule has 0 spiro atoms. The summed E-state index contributed by atoms with van der Waals surface area (Å²) in [6, 6.07) is 11.8. The van der Waals surface area contributed by atoms with E-state index < -0.39 is 28.4 Å². The topological polar surface area (TPSA) is 170 Å². The number of ether oxygens (including phenoxy) is 4. The molecule has 2 amide bonds. The predicted octanol–water partition coefficient (Wildman–Crippen LogP) is 9.01. The van der Waals surface area contributed by atoms with E-state index in [1.807, 2.05) is 119 Å². The SMILES string of the molecule is C=CC(=O)OC(C)(C)C.CC(C)(C)OC(=O)/C=C/c1cccc2c(N3CCN(C(=O)OC(C)(C)C)CC3)ncnc12.CC(C)(C)OC(=O)N1CCN(c2ncnc3c(Br)cccc23)CC1. The minimum absolute atomic E-state index is 0.252. The standard InChI is InChI=1S/C24H32N4O4.C17H21BrN4O2.C7H12O2/c1-23(2,3)31-19(29)11-10-17-8-7-9-18-20(17)25-16-26-21(18)27-12-14-28(15-13-27)22(30)32-24(4,5)6;1-17(2,3)24-16(23)22-9-7-21(8-10-22)15-12-5-4-6-13(18)14(12)19-11-20-15;1-5-6(8)9-7(2,3)4/h7-11,16H,12-15H2,1-6H3;4-6,11H,7-10H2,1-3H3;5H,1H2,2-4H3/b11-10+;;. The largest absolute Gasteiger partial charge is 0.457 e. The highest BCUT2D eigenvalue weighted by Crippen LogP contribution is 2.30. The van der Waals surface area contributed by atoms with Crippen LogP contribution in [0.2, 0.25) is 0 Å².